The van der Waals surface area contributed by atoms with Gasteiger partial charge in [0, 0.05) is 6.54 Å². The quantitative estimate of drug-likeness (QED) is 0.650. The van der Waals surface area contributed by atoms with Gasteiger partial charge in [-0.05, 0) is 31.4 Å². The van der Waals surface area contributed by atoms with E-state index in [0.29, 0.717) is 0 Å². The van der Waals surface area contributed by atoms with Gasteiger partial charge in [-0.1, -0.05) is 19.1 Å². The molecule has 0 aliphatic heterocycles. The Morgan fingerprint density at radius 1 is 1.47 bits per heavy atom. The summed E-state index contributed by atoms with van der Waals surface area (Å²) in [6, 6.07) is 5.92. The van der Waals surface area contributed by atoms with Crippen LogP contribution in [0.1, 0.15) is 25.3 Å². The molecular weight excluding hydrogens is 188 g/mol. The van der Waals surface area contributed by atoms with Crippen LogP contribution in [0.4, 0.5) is 11.4 Å². The number of aliphatic hydroxyl groups is 1. The number of aryl methyl sites for hydroxylation is 1. The van der Waals surface area contributed by atoms with Crippen LogP contribution < -0.4 is 11.1 Å². The summed E-state index contributed by atoms with van der Waals surface area (Å²) in [5.41, 5.74) is 8.74. The number of para-hydroxylation sites is 1. The molecule has 0 spiro atoms. The molecule has 0 bridgehead atoms. The Kier molecular flexibility index (Phi) is 4.43. The van der Waals surface area contributed by atoms with Crippen molar-refractivity contribution in [3.05, 3.63) is 23.8 Å². The van der Waals surface area contributed by atoms with Crippen molar-refractivity contribution in [3.8, 4) is 0 Å². The van der Waals surface area contributed by atoms with Crippen molar-refractivity contribution in [2.75, 3.05) is 17.6 Å². The van der Waals surface area contributed by atoms with Gasteiger partial charge in [0.15, 0.2) is 0 Å². The first-order valence-corrected chi connectivity index (χ1v) is 5.42. The van der Waals surface area contributed by atoms with Crippen LogP contribution in [0.3, 0.4) is 0 Å². The van der Waals surface area contributed by atoms with Crippen LogP contribution in [0.2, 0.25) is 0 Å². The second kappa shape index (κ2) is 5.61. The number of hydrogen-bond donors (Lipinski definition) is 3. The average Bonchev–Trinajstić information content (AvgIpc) is 2.24. The van der Waals surface area contributed by atoms with Crippen molar-refractivity contribution in [2.24, 2.45) is 0 Å². The number of hydrogen-bond acceptors (Lipinski definition) is 3. The van der Waals surface area contributed by atoms with E-state index in [0.717, 1.165) is 36.3 Å². The molecule has 0 aromatic heterocycles. The number of nitrogens with two attached hydrogens (primary N) is 1. The third kappa shape index (κ3) is 3.44. The van der Waals surface area contributed by atoms with E-state index in [1.54, 1.807) is 0 Å². The highest BCUT2D eigenvalue weighted by Crippen LogP contribution is 2.21. The van der Waals surface area contributed by atoms with Crippen molar-refractivity contribution in [3.63, 3.8) is 0 Å². The average molecular weight is 208 g/mol. The van der Waals surface area contributed by atoms with E-state index in [1.165, 1.54) is 0 Å². The molecule has 3 heteroatoms. The summed E-state index contributed by atoms with van der Waals surface area (Å²) in [5, 5.41) is 12.6. The third-order valence-electron chi connectivity index (χ3n) is 2.59. The van der Waals surface area contributed by atoms with Crippen LogP contribution in [-0.2, 0) is 0 Å². The summed E-state index contributed by atoms with van der Waals surface area (Å²) in [7, 11) is 0. The molecule has 1 unspecified atom stereocenters. The minimum absolute atomic E-state index is 0.219. The van der Waals surface area contributed by atoms with E-state index in [2.05, 4.69) is 5.32 Å². The predicted molar refractivity (Wildman–Crippen MR) is 65.0 cm³/mol. The lowest BCUT2D eigenvalue weighted by Gasteiger charge is -2.12. The monoisotopic (exact) mass is 208 g/mol. The molecule has 0 fully saturated rings. The summed E-state index contributed by atoms with van der Waals surface area (Å²) in [6.45, 7) is 4.72. The van der Waals surface area contributed by atoms with Gasteiger partial charge in [0.25, 0.3) is 0 Å². The van der Waals surface area contributed by atoms with Crippen molar-refractivity contribution in [1.29, 1.82) is 0 Å². The second-order valence-corrected chi connectivity index (χ2v) is 3.81. The van der Waals surface area contributed by atoms with Gasteiger partial charge in [-0.25, -0.2) is 0 Å². The molecule has 15 heavy (non-hydrogen) atoms. The van der Waals surface area contributed by atoms with Gasteiger partial charge in [-0.15, -0.1) is 0 Å². The standard InChI is InChI=1S/C12H20N2O/c1-3-10(15)7-8-14-11-6-4-5-9(2)12(11)13/h4-6,10,14-15H,3,7-8,13H2,1-2H3. The first-order chi connectivity index (χ1) is 7.15. The van der Waals surface area contributed by atoms with Crippen LogP contribution in [0.15, 0.2) is 18.2 Å². The van der Waals surface area contributed by atoms with E-state index < -0.39 is 0 Å². The van der Waals surface area contributed by atoms with E-state index in [1.807, 2.05) is 32.0 Å². The summed E-state index contributed by atoms with van der Waals surface area (Å²) in [4.78, 5) is 0. The van der Waals surface area contributed by atoms with Gasteiger partial charge in [-0.2, -0.15) is 0 Å². The van der Waals surface area contributed by atoms with Gasteiger partial charge in [0.05, 0.1) is 17.5 Å². The fraction of sp³-hybridized carbons (Fsp3) is 0.500. The fourth-order valence-corrected chi connectivity index (χ4v) is 1.41. The summed E-state index contributed by atoms with van der Waals surface area (Å²) in [5.74, 6) is 0. The summed E-state index contributed by atoms with van der Waals surface area (Å²) >= 11 is 0. The number of benzene rings is 1. The molecule has 1 rings (SSSR count). The largest absolute Gasteiger partial charge is 0.397 e. The Morgan fingerprint density at radius 2 is 2.20 bits per heavy atom. The highest BCUT2D eigenvalue weighted by molar-refractivity contribution is 5.69. The maximum absolute atomic E-state index is 9.39. The molecule has 0 aliphatic rings. The number of aliphatic hydroxyl groups excluding tert-OH is 1. The van der Waals surface area contributed by atoms with Crippen molar-refractivity contribution < 1.29 is 5.11 Å². The Hall–Kier alpha value is -1.22. The zero-order chi connectivity index (χ0) is 11.3. The normalized spacial score (nSPS) is 12.5. The van der Waals surface area contributed by atoms with Gasteiger partial charge in [0.1, 0.15) is 0 Å². The molecule has 0 radical (unpaired) electrons. The number of anilines is 2. The topological polar surface area (TPSA) is 58.3 Å². The lowest BCUT2D eigenvalue weighted by molar-refractivity contribution is 0.164. The van der Waals surface area contributed by atoms with Crippen molar-refractivity contribution >= 4 is 11.4 Å². The fourth-order valence-electron chi connectivity index (χ4n) is 1.41. The molecule has 0 heterocycles. The first kappa shape index (κ1) is 11.9. The predicted octanol–water partition coefficient (Wildman–Crippen LogP) is 2.15. The first-order valence-electron chi connectivity index (χ1n) is 5.42. The maximum atomic E-state index is 9.39. The van der Waals surface area contributed by atoms with Crippen LogP contribution in [-0.4, -0.2) is 17.8 Å². The van der Waals surface area contributed by atoms with Gasteiger partial charge in [-0.3, -0.25) is 0 Å². The van der Waals surface area contributed by atoms with Crippen LogP contribution in [0.25, 0.3) is 0 Å². The maximum Gasteiger partial charge on any atom is 0.0579 e. The molecule has 1 atom stereocenters. The molecule has 3 nitrogen and oxygen atoms in total. The van der Waals surface area contributed by atoms with Gasteiger partial charge < -0.3 is 16.2 Å². The third-order valence-corrected chi connectivity index (χ3v) is 2.59. The van der Waals surface area contributed by atoms with E-state index in [4.69, 9.17) is 5.73 Å². The summed E-state index contributed by atoms with van der Waals surface area (Å²) in [6.07, 6.45) is 1.33. The molecule has 1 aromatic rings. The van der Waals surface area contributed by atoms with Crippen molar-refractivity contribution in [2.45, 2.75) is 32.8 Å². The lowest BCUT2D eigenvalue weighted by Crippen LogP contribution is -2.13. The zero-order valence-corrected chi connectivity index (χ0v) is 9.46. The Labute approximate surface area is 91.3 Å². The molecule has 1 aromatic carbocycles. The minimum atomic E-state index is -0.219. The minimum Gasteiger partial charge on any atom is -0.397 e. The van der Waals surface area contributed by atoms with Crippen molar-refractivity contribution in [1.82, 2.24) is 0 Å². The van der Waals surface area contributed by atoms with Crippen LogP contribution >= 0.6 is 0 Å². The highest BCUT2D eigenvalue weighted by Gasteiger charge is 2.02. The van der Waals surface area contributed by atoms with Gasteiger partial charge in [0.2, 0.25) is 0 Å². The molecule has 0 saturated carbocycles. The number of nitrogens with one attached hydrogen (secondary N) is 1. The van der Waals surface area contributed by atoms with Crippen LogP contribution in [0.5, 0.6) is 0 Å². The molecule has 84 valence electrons. The van der Waals surface area contributed by atoms with E-state index in [9.17, 15) is 5.11 Å². The number of nitrogen functional groups attached to an aromatic ring is 1. The molecule has 0 amide bonds. The SMILES string of the molecule is CCC(O)CCNc1cccc(C)c1N. The van der Waals surface area contributed by atoms with E-state index >= 15 is 0 Å². The van der Waals surface area contributed by atoms with Gasteiger partial charge >= 0.3 is 0 Å². The Morgan fingerprint density at radius 3 is 2.87 bits per heavy atom. The Bertz CT molecular complexity index is 312. The van der Waals surface area contributed by atoms with Crippen LogP contribution in [0, 0.1) is 6.92 Å². The molecule has 0 saturated heterocycles. The second-order valence-electron chi connectivity index (χ2n) is 3.81. The number of rotatable bonds is 5. The van der Waals surface area contributed by atoms with E-state index in [-0.39, 0.29) is 6.10 Å². The molecule has 0 aliphatic carbocycles. The highest BCUT2D eigenvalue weighted by atomic mass is 16.3. The molecule has 4 N–H and O–H groups in total. The lowest BCUT2D eigenvalue weighted by atomic mass is 10.1. The zero-order valence-electron chi connectivity index (χ0n) is 9.46. The smallest absolute Gasteiger partial charge is 0.0579 e. The Balaban J connectivity index is 2.47. The summed E-state index contributed by atoms with van der Waals surface area (Å²) < 4.78 is 0. The molecular formula is C12H20N2O.